The van der Waals surface area contributed by atoms with Crippen LogP contribution in [0, 0.1) is 0 Å². The third kappa shape index (κ3) is 3.44. The van der Waals surface area contributed by atoms with Crippen LogP contribution in [0.15, 0.2) is 0 Å². The number of carboxylic acids is 1. The average Bonchev–Trinajstić information content (AvgIpc) is 2.79. The first kappa shape index (κ1) is 16.0. The van der Waals surface area contributed by atoms with E-state index < -0.39 is 34.2 Å². The quantitative estimate of drug-likeness (QED) is 0.620. The number of carbonyl (C=O) groups is 2. The highest BCUT2D eigenvalue weighted by Gasteiger charge is 2.41. The van der Waals surface area contributed by atoms with Crippen molar-refractivity contribution in [1.29, 1.82) is 0 Å². The predicted octanol–water partition coefficient (Wildman–Crippen LogP) is -1.80. The number of hydrogen-bond donors (Lipinski definition) is 2. The third-order valence-corrected chi connectivity index (χ3v) is 5.09. The van der Waals surface area contributed by atoms with Crippen molar-refractivity contribution in [3.05, 3.63) is 0 Å². The molecule has 10 heteroatoms. The Bertz CT molecular complexity index is 528. The molecular weight excluding hydrogens is 302 g/mol. The number of likely N-dealkylation sites (tertiary alicyclic amines) is 1. The molecule has 0 spiro atoms. The number of nitrogens with zero attached hydrogens (tertiary/aromatic N) is 3. The normalized spacial score (nSPS) is 27.9. The maximum absolute atomic E-state index is 12.3. The molecule has 9 nitrogen and oxygen atoms in total. The van der Waals surface area contributed by atoms with Crippen molar-refractivity contribution >= 4 is 22.0 Å². The van der Waals surface area contributed by atoms with Gasteiger partial charge in [0.2, 0.25) is 10.0 Å². The lowest BCUT2D eigenvalue weighted by Crippen LogP contribution is -2.55. The first-order valence-corrected chi connectivity index (χ1v) is 8.46. The van der Waals surface area contributed by atoms with Crippen molar-refractivity contribution in [1.82, 2.24) is 14.1 Å². The molecule has 2 heterocycles. The van der Waals surface area contributed by atoms with Crippen molar-refractivity contribution in [2.75, 3.05) is 39.0 Å². The topological polar surface area (TPSA) is 118 Å². The predicted molar refractivity (Wildman–Crippen MR) is 72.1 cm³/mol. The van der Waals surface area contributed by atoms with Gasteiger partial charge in [0.25, 0.3) is 0 Å². The van der Waals surface area contributed by atoms with Crippen molar-refractivity contribution in [3.8, 4) is 0 Å². The van der Waals surface area contributed by atoms with Crippen LogP contribution in [0.3, 0.4) is 0 Å². The lowest BCUT2D eigenvalue weighted by molar-refractivity contribution is -0.141. The average molecular weight is 321 g/mol. The Labute approximate surface area is 122 Å². The number of piperazine rings is 1. The van der Waals surface area contributed by atoms with Crippen molar-refractivity contribution in [3.63, 3.8) is 0 Å². The fourth-order valence-electron chi connectivity index (χ4n) is 2.65. The van der Waals surface area contributed by atoms with Gasteiger partial charge in [-0.05, 0) is 0 Å². The summed E-state index contributed by atoms with van der Waals surface area (Å²) in [5.41, 5.74) is 0. The molecule has 0 aromatic rings. The summed E-state index contributed by atoms with van der Waals surface area (Å²) < 4.78 is 24.1. The number of aliphatic hydroxyl groups excluding tert-OH is 1. The van der Waals surface area contributed by atoms with Crippen molar-refractivity contribution in [2.24, 2.45) is 0 Å². The van der Waals surface area contributed by atoms with Gasteiger partial charge in [-0.1, -0.05) is 0 Å². The van der Waals surface area contributed by atoms with Gasteiger partial charge in [-0.2, -0.15) is 4.31 Å². The zero-order valence-electron chi connectivity index (χ0n) is 11.7. The highest BCUT2D eigenvalue weighted by atomic mass is 32.2. The second-order valence-corrected chi connectivity index (χ2v) is 7.31. The van der Waals surface area contributed by atoms with Gasteiger partial charge >= 0.3 is 12.0 Å². The van der Waals surface area contributed by atoms with E-state index in [9.17, 15) is 23.1 Å². The molecule has 0 bridgehead atoms. The van der Waals surface area contributed by atoms with Crippen LogP contribution in [0.25, 0.3) is 0 Å². The molecule has 21 heavy (non-hydrogen) atoms. The Balaban J connectivity index is 2.00. The summed E-state index contributed by atoms with van der Waals surface area (Å²) in [5, 5.41) is 18.6. The van der Waals surface area contributed by atoms with Gasteiger partial charge in [-0.3, -0.25) is 0 Å². The van der Waals surface area contributed by atoms with Gasteiger partial charge in [0.1, 0.15) is 6.04 Å². The summed E-state index contributed by atoms with van der Waals surface area (Å²) in [6, 6.07) is -1.49. The zero-order chi connectivity index (χ0) is 15.8. The molecule has 2 atom stereocenters. The molecule has 2 fully saturated rings. The highest BCUT2D eigenvalue weighted by Crippen LogP contribution is 2.21. The minimum Gasteiger partial charge on any atom is -0.480 e. The van der Waals surface area contributed by atoms with Crippen LogP contribution >= 0.6 is 0 Å². The van der Waals surface area contributed by atoms with E-state index in [1.807, 2.05) is 0 Å². The summed E-state index contributed by atoms with van der Waals surface area (Å²) >= 11 is 0. The van der Waals surface area contributed by atoms with Gasteiger partial charge in [0, 0.05) is 39.1 Å². The van der Waals surface area contributed by atoms with E-state index in [1.54, 1.807) is 0 Å². The maximum atomic E-state index is 12.3. The second-order valence-electron chi connectivity index (χ2n) is 5.33. The van der Waals surface area contributed by atoms with Gasteiger partial charge in [0.15, 0.2) is 0 Å². The number of urea groups is 1. The number of aliphatic carboxylic acids is 1. The number of carbonyl (C=O) groups excluding carboxylic acids is 1. The molecule has 0 saturated carbocycles. The molecule has 2 aliphatic rings. The van der Waals surface area contributed by atoms with Crippen LogP contribution < -0.4 is 0 Å². The minimum atomic E-state index is -3.28. The molecule has 2 saturated heterocycles. The Kier molecular flexibility index (Phi) is 4.40. The molecular formula is C11H19N3O6S. The lowest BCUT2D eigenvalue weighted by atomic mass is 10.2. The first-order valence-electron chi connectivity index (χ1n) is 6.61. The van der Waals surface area contributed by atoms with Crippen LogP contribution in [0.1, 0.15) is 6.42 Å². The fraction of sp³-hybridized carbons (Fsp3) is 0.818. The van der Waals surface area contributed by atoms with E-state index in [2.05, 4.69) is 0 Å². The Morgan fingerprint density at radius 2 is 1.71 bits per heavy atom. The monoisotopic (exact) mass is 321 g/mol. The molecule has 0 aromatic heterocycles. The van der Waals surface area contributed by atoms with Crippen LogP contribution in [0.4, 0.5) is 4.79 Å². The van der Waals surface area contributed by atoms with Gasteiger partial charge in [-0.15, -0.1) is 0 Å². The summed E-state index contributed by atoms with van der Waals surface area (Å²) in [6.45, 7) is 0.801. The minimum absolute atomic E-state index is 0.0118. The molecule has 2 amide bonds. The van der Waals surface area contributed by atoms with Gasteiger partial charge < -0.3 is 20.0 Å². The molecule has 0 aromatic carbocycles. The van der Waals surface area contributed by atoms with Crippen molar-refractivity contribution < 1.29 is 28.2 Å². The summed E-state index contributed by atoms with van der Waals surface area (Å²) in [7, 11) is -3.28. The largest absolute Gasteiger partial charge is 0.480 e. The molecule has 0 radical (unpaired) electrons. The molecule has 0 aliphatic carbocycles. The smallest absolute Gasteiger partial charge is 0.326 e. The van der Waals surface area contributed by atoms with Gasteiger partial charge in [0.05, 0.1) is 12.4 Å². The third-order valence-electron chi connectivity index (χ3n) is 3.79. The van der Waals surface area contributed by atoms with E-state index in [-0.39, 0.29) is 39.1 Å². The highest BCUT2D eigenvalue weighted by molar-refractivity contribution is 7.88. The van der Waals surface area contributed by atoms with Crippen LogP contribution in [0.5, 0.6) is 0 Å². The Hall–Kier alpha value is -1.39. The van der Waals surface area contributed by atoms with E-state index in [4.69, 9.17) is 5.11 Å². The van der Waals surface area contributed by atoms with Crippen LogP contribution in [0.2, 0.25) is 0 Å². The van der Waals surface area contributed by atoms with Crippen LogP contribution in [-0.2, 0) is 14.8 Å². The first-order chi connectivity index (χ1) is 9.70. The van der Waals surface area contributed by atoms with E-state index in [1.165, 1.54) is 9.21 Å². The lowest BCUT2D eigenvalue weighted by Gasteiger charge is -2.36. The molecule has 120 valence electrons. The summed E-state index contributed by atoms with van der Waals surface area (Å²) in [5.74, 6) is -1.14. The van der Waals surface area contributed by atoms with E-state index in [0.717, 1.165) is 11.2 Å². The molecule has 2 rings (SSSR count). The number of β-amino-alcohol motifs (C(OH)–C–C–N with tert-alkyl or cyclic N) is 1. The molecule has 0 unspecified atom stereocenters. The number of sulfonamides is 1. The van der Waals surface area contributed by atoms with Crippen LogP contribution in [-0.4, -0.2) is 95.9 Å². The number of rotatable bonds is 2. The summed E-state index contributed by atoms with van der Waals surface area (Å²) in [4.78, 5) is 26.0. The standard InChI is InChI=1S/C11H19N3O6S/c1-21(19,20)13-4-2-12(3-5-13)11(18)14-7-8(15)6-9(14)10(16)17/h8-9,15H,2-7H2,1H3,(H,16,17)/t8-,9+/m1/s1. The number of amides is 2. The number of hydrogen-bond acceptors (Lipinski definition) is 5. The number of aliphatic hydroxyl groups is 1. The van der Waals surface area contributed by atoms with E-state index in [0.29, 0.717) is 0 Å². The number of carboxylic acid groups (broad SMARTS) is 1. The Morgan fingerprint density at radius 3 is 2.19 bits per heavy atom. The SMILES string of the molecule is CS(=O)(=O)N1CCN(C(=O)N2C[C@H](O)C[C@H]2C(=O)O)CC1. The summed E-state index contributed by atoms with van der Waals surface area (Å²) in [6.07, 6.45) is 0.291. The van der Waals surface area contributed by atoms with Crippen molar-refractivity contribution in [2.45, 2.75) is 18.6 Å². The molecule has 2 N–H and O–H groups in total. The fourth-order valence-corrected chi connectivity index (χ4v) is 3.48. The van der Waals surface area contributed by atoms with E-state index >= 15 is 0 Å². The van der Waals surface area contributed by atoms with Gasteiger partial charge in [-0.25, -0.2) is 18.0 Å². The maximum Gasteiger partial charge on any atom is 0.326 e. The Morgan fingerprint density at radius 1 is 1.14 bits per heavy atom. The second kappa shape index (κ2) is 5.78. The zero-order valence-corrected chi connectivity index (χ0v) is 12.5. The molecule has 2 aliphatic heterocycles.